The van der Waals surface area contributed by atoms with Crippen molar-refractivity contribution in [2.75, 3.05) is 0 Å². The highest BCUT2D eigenvalue weighted by Crippen LogP contribution is 2.31. The molecule has 0 aliphatic heterocycles. The largest absolute Gasteiger partial charge is 0.271 e. The second-order valence-corrected chi connectivity index (χ2v) is 5.07. The average Bonchev–Trinajstić information content (AvgIpc) is 2.38. The first-order valence-electron chi connectivity index (χ1n) is 6.21. The van der Waals surface area contributed by atoms with E-state index in [1.165, 1.54) is 12.8 Å². The summed E-state index contributed by atoms with van der Waals surface area (Å²) >= 11 is 12.2. The summed E-state index contributed by atoms with van der Waals surface area (Å²) in [7, 11) is 0. The van der Waals surface area contributed by atoms with Crippen LogP contribution in [-0.2, 0) is 0 Å². The first-order valence-corrected chi connectivity index (χ1v) is 6.97. The van der Waals surface area contributed by atoms with Crippen LogP contribution >= 0.6 is 23.2 Å². The summed E-state index contributed by atoms with van der Waals surface area (Å²) in [6, 6.07) is 5.69. The van der Waals surface area contributed by atoms with Crippen LogP contribution in [0, 0.1) is 0 Å². The smallest absolute Gasteiger partial charge is 0.0640 e. The van der Waals surface area contributed by atoms with Crippen LogP contribution in [0.5, 0.6) is 0 Å². The number of benzene rings is 1. The maximum Gasteiger partial charge on any atom is 0.0640 e. The van der Waals surface area contributed by atoms with E-state index in [-0.39, 0.29) is 6.04 Å². The maximum absolute atomic E-state index is 6.19. The molecule has 1 aromatic rings. The van der Waals surface area contributed by atoms with Crippen LogP contribution in [0.3, 0.4) is 0 Å². The van der Waals surface area contributed by atoms with E-state index in [0.29, 0.717) is 10.0 Å². The number of nitrogens with one attached hydrogen (secondary N) is 1. The molecule has 1 aromatic carbocycles. The molecule has 0 spiro atoms. The van der Waals surface area contributed by atoms with Crippen LogP contribution in [0.15, 0.2) is 30.9 Å². The minimum atomic E-state index is 0.0555. The van der Waals surface area contributed by atoms with Gasteiger partial charge in [-0.1, -0.05) is 54.3 Å². The molecule has 0 heterocycles. The number of nitrogens with two attached hydrogens (primary N) is 1. The summed E-state index contributed by atoms with van der Waals surface area (Å²) in [6.45, 7) is 3.71. The van der Waals surface area contributed by atoms with Crippen LogP contribution in [0.25, 0.3) is 0 Å². The van der Waals surface area contributed by atoms with Gasteiger partial charge >= 0.3 is 0 Å². The van der Waals surface area contributed by atoms with Crippen LogP contribution in [-0.4, -0.2) is 0 Å². The SMILES string of the molecule is C=CCCCCCC(NN)c1cccc(Cl)c1Cl. The zero-order valence-corrected chi connectivity index (χ0v) is 12.0. The quantitative estimate of drug-likeness (QED) is 0.316. The van der Waals surface area contributed by atoms with E-state index in [4.69, 9.17) is 29.0 Å². The lowest BCUT2D eigenvalue weighted by molar-refractivity contribution is 0.484. The van der Waals surface area contributed by atoms with Crippen molar-refractivity contribution < 1.29 is 0 Å². The molecule has 3 N–H and O–H groups in total. The van der Waals surface area contributed by atoms with Crippen LogP contribution in [0.1, 0.15) is 43.7 Å². The number of unbranched alkanes of at least 4 members (excludes halogenated alkanes) is 3. The van der Waals surface area contributed by atoms with Gasteiger partial charge in [-0.05, 0) is 30.9 Å². The normalized spacial score (nSPS) is 12.4. The molecule has 0 amide bonds. The van der Waals surface area contributed by atoms with Gasteiger partial charge < -0.3 is 0 Å². The molecule has 1 unspecified atom stereocenters. The second kappa shape index (κ2) is 8.54. The summed E-state index contributed by atoms with van der Waals surface area (Å²) < 4.78 is 0. The zero-order valence-electron chi connectivity index (χ0n) is 10.5. The lowest BCUT2D eigenvalue weighted by atomic mass is 10.0. The molecule has 4 heteroatoms. The zero-order chi connectivity index (χ0) is 13.4. The molecule has 0 radical (unpaired) electrons. The van der Waals surface area contributed by atoms with Gasteiger partial charge in [0.05, 0.1) is 10.0 Å². The molecule has 0 aliphatic carbocycles. The number of hydrogen-bond acceptors (Lipinski definition) is 2. The van der Waals surface area contributed by atoms with E-state index in [2.05, 4.69) is 12.0 Å². The Morgan fingerprint density at radius 3 is 2.72 bits per heavy atom. The van der Waals surface area contributed by atoms with Gasteiger partial charge in [-0.3, -0.25) is 11.3 Å². The van der Waals surface area contributed by atoms with Gasteiger partial charge in [-0.25, -0.2) is 0 Å². The van der Waals surface area contributed by atoms with Crippen molar-refractivity contribution in [1.29, 1.82) is 0 Å². The molecule has 1 rings (SSSR count). The van der Waals surface area contributed by atoms with Gasteiger partial charge in [-0.15, -0.1) is 6.58 Å². The number of allylic oxidation sites excluding steroid dienone is 1. The third kappa shape index (κ3) is 4.62. The molecule has 0 aromatic heterocycles. The average molecular weight is 287 g/mol. The minimum absolute atomic E-state index is 0.0555. The van der Waals surface area contributed by atoms with E-state index in [1.807, 2.05) is 18.2 Å². The van der Waals surface area contributed by atoms with E-state index in [0.717, 1.165) is 24.8 Å². The van der Waals surface area contributed by atoms with Crippen molar-refractivity contribution in [2.45, 2.75) is 38.1 Å². The van der Waals surface area contributed by atoms with Gasteiger partial charge in [0.15, 0.2) is 0 Å². The van der Waals surface area contributed by atoms with Crippen molar-refractivity contribution in [3.63, 3.8) is 0 Å². The Bertz CT molecular complexity index is 380. The molecule has 0 fully saturated rings. The van der Waals surface area contributed by atoms with E-state index < -0.39 is 0 Å². The van der Waals surface area contributed by atoms with Gasteiger partial charge in [0, 0.05) is 6.04 Å². The lowest BCUT2D eigenvalue weighted by Crippen LogP contribution is -2.28. The summed E-state index contributed by atoms with van der Waals surface area (Å²) in [5, 5.41) is 1.16. The molecule has 18 heavy (non-hydrogen) atoms. The van der Waals surface area contributed by atoms with Gasteiger partial charge in [0.25, 0.3) is 0 Å². The van der Waals surface area contributed by atoms with Crippen molar-refractivity contribution in [1.82, 2.24) is 5.43 Å². The predicted octanol–water partition coefficient (Wildman–Crippen LogP) is 4.63. The predicted molar refractivity (Wildman–Crippen MR) is 79.8 cm³/mol. The van der Waals surface area contributed by atoms with E-state index >= 15 is 0 Å². The third-order valence-corrected chi connectivity index (χ3v) is 3.79. The Morgan fingerprint density at radius 1 is 1.28 bits per heavy atom. The summed E-state index contributed by atoms with van der Waals surface area (Å²) in [5.41, 5.74) is 3.78. The van der Waals surface area contributed by atoms with Crippen LogP contribution in [0.4, 0.5) is 0 Å². The number of rotatable bonds is 8. The molecule has 0 saturated heterocycles. The molecule has 0 aliphatic rings. The Kier molecular flexibility index (Phi) is 7.36. The number of hydrogen-bond donors (Lipinski definition) is 2. The molecule has 0 bridgehead atoms. The van der Waals surface area contributed by atoms with Crippen molar-refractivity contribution in [2.24, 2.45) is 5.84 Å². The monoisotopic (exact) mass is 286 g/mol. The molecule has 100 valence electrons. The molecule has 1 atom stereocenters. The number of hydrazine groups is 1. The highest BCUT2D eigenvalue weighted by atomic mass is 35.5. The van der Waals surface area contributed by atoms with E-state index in [9.17, 15) is 0 Å². The molecule has 0 saturated carbocycles. The first-order chi connectivity index (χ1) is 8.70. The standard InChI is InChI=1S/C14H20Cl2N2/c1-2-3-4-5-6-10-13(18-17)11-8-7-9-12(15)14(11)16/h2,7-9,13,18H,1,3-6,10,17H2. The van der Waals surface area contributed by atoms with E-state index in [1.54, 1.807) is 6.07 Å². The Balaban J connectivity index is 2.55. The Labute approximate surface area is 119 Å². The Morgan fingerprint density at radius 2 is 2.06 bits per heavy atom. The first kappa shape index (κ1) is 15.5. The van der Waals surface area contributed by atoms with Gasteiger partial charge in [0.1, 0.15) is 0 Å². The van der Waals surface area contributed by atoms with Gasteiger partial charge in [0.2, 0.25) is 0 Å². The van der Waals surface area contributed by atoms with Crippen molar-refractivity contribution >= 4 is 23.2 Å². The molecular weight excluding hydrogens is 267 g/mol. The molecular formula is C14H20Cl2N2. The fourth-order valence-corrected chi connectivity index (χ4v) is 2.37. The highest BCUT2D eigenvalue weighted by molar-refractivity contribution is 6.42. The molecule has 2 nitrogen and oxygen atoms in total. The van der Waals surface area contributed by atoms with Crippen LogP contribution < -0.4 is 11.3 Å². The van der Waals surface area contributed by atoms with Crippen LogP contribution in [0.2, 0.25) is 10.0 Å². The fourth-order valence-electron chi connectivity index (χ4n) is 1.93. The lowest BCUT2D eigenvalue weighted by Gasteiger charge is -2.18. The van der Waals surface area contributed by atoms with Gasteiger partial charge in [-0.2, -0.15) is 0 Å². The highest BCUT2D eigenvalue weighted by Gasteiger charge is 2.14. The minimum Gasteiger partial charge on any atom is -0.271 e. The maximum atomic E-state index is 6.19. The Hall–Kier alpha value is -0.540. The number of halogens is 2. The third-order valence-electron chi connectivity index (χ3n) is 2.96. The topological polar surface area (TPSA) is 38.0 Å². The second-order valence-electron chi connectivity index (χ2n) is 4.29. The van der Waals surface area contributed by atoms with Crippen molar-refractivity contribution in [3.8, 4) is 0 Å². The fraction of sp³-hybridized carbons (Fsp3) is 0.429. The summed E-state index contributed by atoms with van der Waals surface area (Å²) in [4.78, 5) is 0. The van der Waals surface area contributed by atoms with Crippen molar-refractivity contribution in [3.05, 3.63) is 46.5 Å². The summed E-state index contributed by atoms with van der Waals surface area (Å²) in [6.07, 6.45) is 7.41. The summed E-state index contributed by atoms with van der Waals surface area (Å²) in [5.74, 6) is 5.60.